The smallest absolute Gasteiger partial charge is 0.359 e. The SMILES string of the molecule is O=Cc1cccn1Cc1cccnc1C(=O)OP. The molecule has 0 aromatic carbocycles. The number of aromatic nitrogens is 2. The lowest BCUT2D eigenvalue weighted by molar-refractivity contribution is 0.0758. The van der Waals surface area contributed by atoms with Crippen molar-refractivity contribution in [3.63, 3.8) is 0 Å². The van der Waals surface area contributed by atoms with Gasteiger partial charge in [0.15, 0.2) is 12.0 Å². The van der Waals surface area contributed by atoms with Gasteiger partial charge in [-0.25, -0.2) is 9.78 Å². The number of hydrogen-bond donors (Lipinski definition) is 0. The van der Waals surface area contributed by atoms with E-state index in [-0.39, 0.29) is 5.69 Å². The molecule has 18 heavy (non-hydrogen) atoms. The molecule has 2 heterocycles. The van der Waals surface area contributed by atoms with Crippen LogP contribution in [0, 0.1) is 0 Å². The van der Waals surface area contributed by atoms with Gasteiger partial charge in [0.25, 0.3) is 0 Å². The van der Waals surface area contributed by atoms with Gasteiger partial charge in [-0.05, 0) is 18.2 Å². The maximum absolute atomic E-state index is 11.5. The summed E-state index contributed by atoms with van der Waals surface area (Å²) < 4.78 is 6.33. The monoisotopic (exact) mass is 262 g/mol. The number of rotatable bonds is 4. The Kier molecular flexibility index (Phi) is 3.85. The Balaban J connectivity index is 2.34. The molecule has 6 heteroatoms. The second-order valence-electron chi connectivity index (χ2n) is 3.60. The van der Waals surface area contributed by atoms with Gasteiger partial charge in [0.1, 0.15) is 0 Å². The highest BCUT2D eigenvalue weighted by Gasteiger charge is 2.13. The third kappa shape index (κ3) is 2.46. The number of hydrogen-bond acceptors (Lipinski definition) is 4. The van der Waals surface area contributed by atoms with Crippen LogP contribution in [-0.2, 0) is 11.1 Å². The molecule has 0 radical (unpaired) electrons. The quantitative estimate of drug-likeness (QED) is 0.621. The van der Waals surface area contributed by atoms with Crippen molar-refractivity contribution in [3.8, 4) is 0 Å². The van der Waals surface area contributed by atoms with Crippen molar-refractivity contribution in [2.75, 3.05) is 0 Å². The zero-order valence-electron chi connectivity index (χ0n) is 9.45. The number of carbonyl (C=O) groups is 2. The van der Waals surface area contributed by atoms with Crippen LogP contribution in [0.2, 0.25) is 0 Å². The van der Waals surface area contributed by atoms with Crippen molar-refractivity contribution in [2.24, 2.45) is 0 Å². The van der Waals surface area contributed by atoms with Crippen LogP contribution in [0.4, 0.5) is 0 Å². The van der Waals surface area contributed by atoms with Crippen LogP contribution >= 0.6 is 9.47 Å². The molecular weight excluding hydrogens is 251 g/mol. The summed E-state index contributed by atoms with van der Waals surface area (Å²) in [6.45, 7) is 0.393. The van der Waals surface area contributed by atoms with Crippen LogP contribution in [-0.4, -0.2) is 21.8 Å². The summed E-state index contributed by atoms with van der Waals surface area (Å²) in [5.41, 5.74) is 1.49. The number of carbonyl (C=O) groups excluding carboxylic acids is 2. The molecule has 5 nitrogen and oxygen atoms in total. The highest BCUT2D eigenvalue weighted by molar-refractivity contribution is 7.10. The summed E-state index contributed by atoms with van der Waals surface area (Å²) in [5.74, 6) is -0.518. The van der Waals surface area contributed by atoms with Gasteiger partial charge in [-0.2, -0.15) is 0 Å². The largest absolute Gasteiger partial charge is 0.447 e. The van der Waals surface area contributed by atoms with Crippen LogP contribution < -0.4 is 0 Å². The highest BCUT2D eigenvalue weighted by Crippen LogP contribution is 2.12. The summed E-state index contributed by atoms with van der Waals surface area (Å²) in [7, 11) is 1.90. The normalized spacial score (nSPS) is 10.1. The van der Waals surface area contributed by atoms with E-state index in [4.69, 9.17) is 0 Å². The zero-order chi connectivity index (χ0) is 13.0. The van der Waals surface area contributed by atoms with Gasteiger partial charge in [0, 0.05) is 18.0 Å². The van der Waals surface area contributed by atoms with Crippen molar-refractivity contribution < 1.29 is 14.1 Å². The molecule has 2 rings (SSSR count). The molecule has 0 bridgehead atoms. The van der Waals surface area contributed by atoms with Gasteiger partial charge >= 0.3 is 5.97 Å². The van der Waals surface area contributed by atoms with Gasteiger partial charge < -0.3 is 9.09 Å². The standard InChI is InChI=1S/C12H11N2O3P/c15-8-10-4-2-6-14(10)7-9-3-1-5-13-11(9)12(16)17-18/h1-6,8H,7,18H2. The van der Waals surface area contributed by atoms with Gasteiger partial charge in [-0.3, -0.25) is 4.79 Å². The average Bonchev–Trinajstić information content (AvgIpc) is 2.86. The third-order valence-corrected chi connectivity index (χ3v) is 2.73. The minimum Gasteiger partial charge on any atom is -0.447 e. The van der Waals surface area contributed by atoms with E-state index in [2.05, 4.69) is 9.51 Å². The average molecular weight is 262 g/mol. The van der Waals surface area contributed by atoms with E-state index in [1.165, 1.54) is 6.20 Å². The van der Waals surface area contributed by atoms with E-state index in [1.807, 2.05) is 9.47 Å². The van der Waals surface area contributed by atoms with E-state index in [1.54, 1.807) is 35.0 Å². The highest BCUT2D eigenvalue weighted by atomic mass is 31.0. The Morgan fingerprint density at radius 2 is 2.28 bits per heavy atom. The van der Waals surface area contributed by atoms with E-state index in [0.717, 1.165) is 6.29 Å². The fraction of sp³-hybridized carbons (Fsp3) is 0.0833. The van der Waals surface area contributed by atoms with Crippen LogP contribution in [0.1, 0.15) is 26.5 Å². The number of aldehydes is 1. The van der Waals surface area contributed by atoms with Gasteiger partial charge in [-0.1, -0.05) is 6.07 Å². The first-order valence-corrected chi connectivity index (χ1v) is 5.68. The molecule has 0 amide bonds. The summed E-state index contributed by atoms with van der Waals surface area (Å²) in [4.78, 5) is 26.4. The molecule has 0 saturated heterocycles. The Morgan fingerprint density at radius 3 is 3.00 bits per heavy atom. The molecule has 0 spiro atoms. The van der Waals surface area contributed by atoms with Crippen molar-refractivity contribution in [1.82, 2.24) is 9.55 Å². The summed E-state index contributed by atoms with van der Waals surface area (Å²) in [6, 6.07) is 6.99. The fourth-order valence-corrected chi connectivity index (χ4v) is 1.78. The van der Waals surface area contributed by atoms with Gasteiger partial charge in [-0.15, -0.1) is 0 Å². The van der Waals surface area contributed by atoms with Crippen LogP contribution in [0.5, 0.6) is 0 Å². The summed E-state index contributed by atoms with van der Waals surface area (Å²) in [5, 5.41) is 0. The Bertz CT molecular complexity index is 580. The van der Waals surface area contributed by atoms with Crippen molar-refractivity contribution in [2.45, 2.75) is 6.54 Å². The zero-order valence-corrected chi connectivity index (χ0v) is 10.6. The molecule has 0 saturated carbocycles. The van der Waals surface area contributed by atoms with Gasteiger partial charge in [0.05, 0.1) is 21.7 Å². The van der Waals surface area contributed by atoms with E-state index in [0.29, 0.717) is 17.8 Å². The van der Waals surface area contributed by atoms with Gasteiger partial charge in [0.2, 0.25) is 0 Å². The minimum atomic E-state index is -0.518. The maximum atomic E-state index is 11.5. The Morgan fingerprint density at radius 1 is 1.44 bits per heavy atom. The molecular formula is C12H11N2O3P. The lowest BCUT2D eigenvalue weighted by atomic mass is 10.2. The van der Waals surface area contributed by atoms with E-state index in [9.17, 15) is 9.59 Å². The second-order valence-corrected chi connectivity index (χ2v) is 3.83. The van der Waals surface area contributed by atoms with Crippen LogP contribution in [0.25, 0.3) is 0 Å². The van der Waals surface area contributed by atoms with Crippen molar-refractivity contribution in [1.29, 1.82) is 0 Å². The lowest BCUT2D eigenvalue weighted by Crippen LogP contribution is -2.10. The molecule has 1 atom stereocenters. The Hall–Kier alpha value is -2.00. The van der Waals surface area contributed by atoms with E-state index < -0.39 is 5.97 Å². The third-order valence-electron chi connectivity index (χ3n) is 2.52. The first-order chi connectivity index (χ1) is 8.76. The molecule has 2 aromatic heterocycles. The first-order valence-electron chi connectivity index (χ1n) is 5.21. The Labute approximate surface area is 106 Å². The molecule has 2 aromatic rings. The van der Waals surface area contributed by atoms with E-state index >= 15 is 0 Å². The van der Waals surface area contributed by atoms with Crippen LogP contribution in [0.3, 0.4) is 0 Å². The maximum Gasteiger partial charge on any atom is 0.359 e. The number of pyridine rings is 1. The minimum absolute atomic E-state index is 0.248. The van der Waals surface area contributed by atoms with Crippen molar-refractivity contribution >= 4 is 21.7 Å². The molecule has 0 fully saturated rings. The summed E-state index contributed by atoms with van der Waals surface area (Å²) >= 11 is 0. The predicted molar refractivity (Wildman–Crippen MR) is 68.3 cm³/mol. The second kappa shape index (κ2) is 5.56. The van der Waals surface area contributed by atoms with Crippen LogP contribution in [0.15, 0.2) is 36.7 Å². The first kappa shape index (κ1) is 12.5. The molecule has 1 unspecified atom stereocenters. The topological polar surface area (TPSA) is 61.2 Å². The predicted octanol–water partition coefficient (Wildman–Crippen LogP) is 1.69. The molecule has 0 aliphatic heterocycles. The molecule has 92 valence electrons. The molecule has 0 aliphatic carbocycles. The molecule has 0 aliphatic rings. The fourth-order valence-electron chi connectivity index (χ4n) is 1.67. The van der Waals surface area contributed by atoms with Crippen molar-refractivity contribution in [3.05, 3.63) is 53.6 Å². The lowest BCUT2D eigenvalue weighted by Gasteiger charge is -2.08. The summed E-state index contributed by atoms with van der Waals surface area (Å²) in [6.07, 6.45) is 4.06. The molecule has 0 N–H and O–H groups in total. The number of nitrogens with zero attached hydrogens (tertiary/aromatic N) is 2.